The molecular weight excluding hydrogens is 439 g/mol. The predicted octanol–water partition coefficient (Wildman–Crippen LogP) is 2.38. The molecule has 1 aromatic heterocycles. The molecule has 0 saturated carbocycles. The monoisotopic (exact) mass is 467 g/mol. The lowest BCUT2D eigenvalue weighted by Crippen LogP contribution is -2.61. The predicted molar refractivity (Wildman–Crippen MR) is 108 cm³/mol. The number of piperazine rings is 1. The Hall–Kier alpha value is -2.15. The quantitative estimate of drug-likeness (QED) is 0.725. The van der Waals surface area contributed by atoms with Crippen LogP contribution in [0.2, 0.25) is 0 Å². The van der Waals surface area contributed by atoms with Gasteiger partial charge in [-0.1, -0.05) is 0 Å². The van der Waals surface area contributed by atoms with Crippen molar-refractivity contribution in [2.24, 2.45) is 0 Å². The molecule has 0 aliphatic carbocycles. The number of ether oxygens (including phenoxy) is 1. The van der Waals surface area contributed by atoms with Crippen molar-refractivity contribution < 1.29 is 31.1 Å². The van der Waals surface area contributed by atoms with Crippen LogP contribution in [0.4, 0.5) is 23.9 Å². The van der Waals surface area contributed by atoms with Crippen molar-refractivity contribution in [3.63, 3.8) is 0 Å². The van der Waals surface area contributed by atoms with Gasteiger partial charge in [0.15, 0.2) is 0 Å². The molecule has 1 fully saturated rings. The van der Waals surface area contributed by atoms with Crippen LogP contribution in [0.1, 0.15) is 46.0 Å². The molecule has 0 unspecified atom stereocenters. The minimum absolute atomic E-state index is 0.0495. The number of nitrogens with zero attached hydrogens (tertiary/aromatic N) is 4. The molecule has 2 rings (SSSR count). The summed E-state index contributed by atoms with van der Waals surface area (Å²) < 4.78 is 70.6. The molecule has 0 bridgehead atoms. The molecule has 1 aliphatic heterocycles. The molecule has 1 aromatic rings. The Balaban J connectivity index is 2.29. The molecule has 2 heterocycles. The second-order valence-electron chi connectivity index (χ2n) is 8.97. The van der Waals surface area contributed by atoms with E-state index in [4.69, 9.17) is 4.74 Å². The maximum atomic E-state index is 13.4. The van der Waals surface area contributed by atoms with Crippen molar-refractivity contribution in [3.8, 4) is 0 Å². The van der Waals surface area contributed by atoms with Crippen LogP contribution in [0, 0.1) is 0 Å². The first kappa shape index (κ1) is 25.1. The highest BCUT2D eigenvalue weighted by Crippen LogP contribution is 2.31. The normalized spacial score (nSPS) is 18.0. The zero-order valence-electron chi connectivity index (χ0n) is 18.4. The number of amides is 1. The minimum atomic E-state index is -4.72. The second kappa shape index (κ2) is 8.41. The first-order valence-electron chi connectivity index (χ1n) is 9.53. The van der Waals surface area contributed by atoms with E-state index in [1.165, 1.54) is 9.21 Å². The molecule has 0 radical (unpaired) electrons. The zero-order chi connectivity index (χ0) is 23.8. The minimum Gasteiger partial charge on any atom is -0.444 e. The number of rotatable bonds is 4. The molecule has 1 amide bonds. The molecule has 0 spiro atoms. The van der Waals surface area contributed by atoms with Crippen LogP contribution >= 0.6 is 0 Å². The number of anilines is 1. The van der Waals surface area contributed by atoms with Gasteiger partial charge in [0, 0.05) is 25.2 Å². The van der Waals surface area contributed by atoms with Crippen molar-refractivity contribution in [2.75, 3.05) is 30.8 Å². The first-order chi connectivity index (χ1) is 13.9. The fraction of sp³-hybridized carbons (Fsp3) is 0.722. The second-order valence-corrected chi connectivity index (χ2v) is 10.9. The maximum Gasteiger partial charge on any atom is 0.433 e. The summed E-state index contributed by atoms with van der Waals surface area (Å²) in [5.41, 5.74) is -2.84. The van der Waals surface area contributed by atoms with Gasteiger partial charge in [-0.3, -0.25) is 0 Å². The molecule has 1 N–H and O–H groups in total. The van der Waals surface area contributed by atoms with Gasteiger partial charge in [0.05, 0.1) is 18.5 Å². The van der Waals surface area contributed by atoms with Gasteiger partial charge in [-0.2, -0.15) is 17.5 Å². The molecule has 0 atom stereocenters. The number of carbonyl (C=O) groups is 1. The average molecular weight is 468 g/mol. The zero-order valence-corrected chi connectivity index (χ0v) is 19.2. The van der Waals surface area contributed by atoms with E-state index in [-0.39, 0.29) is 37.8 Å². The first-order valence-corrected chi connectivity index (χ1v) is 11.4. The molecule has 31 heavy (non-hydrogen) atoms. The van der Waals surface area contributed by atoms with Crippen molar-refractivity contribution in [2.45, 2.75) is 58.5 Å². The number of hydrogen-bond acceptors (Lipinski definition) is 7. The summed E-state index contributed by atoms with van der Waals surface area (Å²) in [6.07, 6.45) is -4.42. The lowest BCUT2D eigenvalue weighted by atomic mass is 10.0. The van der Waals surface area contributed by atoms with E-state index in [2.05, 4.69) is 15.3 Å². The number of carbonyl (C=O) groups excluding carboxylic acids is 1. The van der Waals surface area contributed by atoms with Crippen LogP contribution in [-0.2, 0) is 27.5 Å². The van der Waals surface area contributed by atoms with Gasteiger partial charge >= 0.3 is 12.3 Å². The fourth-order valence-corrected chi connectivity index (χ4v) is 4.63. The topological polar surface area (TPSA) is 105 Å². The van der Waals surface area contributed by atoms with Crippen LogP contribution in [0.5, 0.6) is 0 Å². The van der Waals surface area contributed by atoms with Gasteiger partial charge in [-0.05, 0) is 40.7 Å². The van der Waals surface area contributed by atoms with E-state index < -0.39 is 39.1 Å². The third kappa shape index (κ3) is 6.92. The Morgan fingerprint density at radius 3 is 2.32 bits per heavy atom. The highest BCUT2D eigenvalue weighted by molar-refractivity contribution is 7.88. The third-order valence-electron chi connectivity index (χ3n) is 4.38. The number of hydrogen-bond donors (Lipinski definition) is 1. The molecular formula is C18H28F3N5O4S. The number of alkyl halides is 3. The Bertz CT molecular complexity index is 929. The van der Waals surface area contributed by atoms with E-state index in [1.807, 2.05) is 0 Å². The van der Waals surface area contributed by atoms with Gasteiger partial charge in [-0.25, -0.2) is 23.2 Å². The number of aromatic nitrogens is 2. The van der Waals surface area contributed by atoms with Crippen molar-refractivity contribution >= 4 is 22.1 Å². The van der Waals surface area contributed by atoms with E-state index in [0.717, 1.165) is 12.3 Å². The van der Waals surface area contributed by atoms with Crippen LogP contribution in [0.15, 0.2) is 6.07 Å². The Morgan fingerprint density at radius 1 is 1.23 bits per heavy atom. The van der Waals surface area contributed by atoms with Gasteiger partial charge in [0.1, 0.15) is 11.3 Å². The van der Waals surface area contributed by atoms with Crippen molar-refractivity contribution in [1.82, 2.24) is 19.6 Å². The number of halogens is 3. The number of nitrogens with one attached hydrogen (secondary N) is 1. The summed E-state index contributed by atoms with van der Waals surface area (Å²) in [6.45, 7) is 8.35. The van der Waals surface area contributed by atoms with Crippen LogP contribution in [0.3, 0.4) is 0 Å². The Labute approximate surface area is 180 Å². The third-order valence-corrected chi connectivity index (χ3v) is 5.86. The van der Waals surface area contributed by atoms with E-state index in [1.54, 1.807) is 34.6 Å². The van der Waals surface area contributed by atoms with E-state index in [0.29, 0.717) is 0 Å². The summed E-state index contributed by atoms with van der Waals surface area (Å²) in [6, 6.07) is 0.763. The molecule has 176 valence electrons. The summed E-state index contributed by atoms with van der Waals surface area (Å²) in [7, 11) is -3.49. The van der Waals surface area contributed by atoms with Crippen molar-refractivity contribution in [3.05, 3.63) is 17.5 Å². The van der Waals surface area contributed by atoms with Crippen LogP contribution in [-0.4, -0.2) is 65.8 Å². The maximum absolute atomic E-state index is 13.4. The van der Waals surface area contributed by atoms with E-state index in [9.17, 15) is 26.4 Å². The summed E-state index contributed by atoms with van der Waals surface area (Å²) in [5, 5.41) is 2.38. The fourth-order valence-electron chi connectivity index (χ4n) is 3.26. The van der Waals surface area contributed by atoms with Crippen molar-refractivity contribution in [1.29, 1.82) is 0 Å². The number of alkyl carbamates (subject to hydrolysis) is 1. The van der Waals surface area contributed by atoms with Gasteiger partial charge in [-0.15, -0.1) is 0 Å². The van der Waals surface area contributed by atoms with Gasteiger partial charge in [0.2, 0.25) is 16.0 Å². The highest BCUT2D eigenvalue weighted by Gasteiger charge is 2.41. The SMILES string of the molecule is CC(C)(C)OC(=O)NCc1cc(C(F)(F)F)nc(N2CCN(S(C)(=O)=O)C(C)(C)C2)n1. The van der Waals surface area contributed by atoms with E-state index >= 15 is 0 Å². The molecule has 9 nitrogen and oxygen atoms in total. The highest BCUT2D eigenvalue weighted by atomic mass is 32.2. The lowest BCUT2D eigenvalue weighted by Gasteiger charge is -2.45. The van der Waals surface area contributed by atoms with Crippen LogP contribution in [0.25, 0.3) is 0 Å². The molecule has 1 aliphatic rings. The summed E-state index contributed by atoms with van der Waals surface area (Å²) in [5.74, 6) is -0.183. The average Bonchev–Trinajstić information content (AvgIpc) is 2.55. The Kier molecular flexibility index (Phi) is 6.82. The smallest absolute Gasteiger partial charge is 0.433 e. The van der Waals surface area contributed by atoms with Gasteiger partial charge < -0.3 is 15.0 Å². The number of sulfonamides is 1. The summed E-state index contributed by atoms with van der Waals surface area (Å²) >= 11 is 0. The molecule has 13 heteroatoms. The Morgan fingerprint density at radius 2 is 1.84 bits per heavy atom. The lowest BCUT2D eigenvalue weighted by molar-refractivity contribution is -0.141. The molecule has 1 saturated heterocycles. The van der Waals surface area contributed by atoms with Gasteiger partial charge in [0.25, 0.3) is 0 Å². The largest absolute Gasteiger partial charge is 0.444 e. The standard InChI is InChI=1S/C18H28F3N5O4S/c1-16(2,3)30-15(27)22-10-12-9-13(18(19,20)21)24-14(23-12)25-7-8-26(31(6,28)29)17(4,5)11-25/h9H,7-8,10-11H2,1-6H3,(H,22,27). The molecule has 0 aromatic carbocycles. The summed E-state index contributed by atoms with van der Waals surface area (Å²) in [4.78, 5) is 21.2. The van der Waals surface area contributed by atoms with Crippen LogP contribution < -0.4 is 10.2 Å².